The first kappa shape index (κ1) is 16.4. The second kappa shape index (κ2) is 5.66. The molecule has 1 radical (unpaired) electrons. The van der Waals surface area contributed by atoms with Gasteiger partial charge in [-0.05, 0) is 40.5 Å². The minimum Gasteiger partial charge on any atom is -0.304 e. The number of hydrogen-bond donors (Lipinski definition) is 0. The quantitative estimate of drug-likeness (QED) is 0.557. The number of hydrogen-bond acceptors (Lipinski definition) is 1. The molecule has 1 aliphatic rings. The number of nitrogens with zero attached hydrogens (tertiary/aromatic N) is 1. The summed E-state index contributed by atoms with van der Waals surface area (Å²) in [7, 11) is 0. The molecule has 1 nitrogen and oxygen atoms in total. The van der Waals surface area contributed by atoms with E-state index in [-0.39, 0.29) is 30.9 Å². The second-order valence-electron chi connectivity index (χ2n) is 7.16. The maximum Gasteiger partial charge on any atom is 0.0201 e. The Kier molecular flexibility index (Phi) is 4.42. The molecule has 0 aliphatic heterocycles. The van der Waals surface area contributed by atoms with Crippen LogP contribution in [0, 0.1) is 6.07 Å². The Bertz CT molecular complexity index is 629. The van der Waals surface area contributed by atoms with E-state index >= 15 is 0 Å². The van der Waals surface area contributed by atoms with E-state index in [2.05, 4.69) is 52.1 Å². The standard InChI is InChI=1S/C19H22N.Ir/c1-18(2)10-11-19(3,4)16-13-20-17(12-15(16)18)14-8-6-5-7-9-14;/h5-8,12-13H,10-11H2,1-4H3;/q-1;. The number of rotatable bonds is 1. The largest absolute Gasteiger partial charge is 0.304 e. The van der Waals surface area contributed by atoms with Gasteiger partial charge in [-0.2, -0.15) is 0 Å². The summed E-state index contributed by atoms with van der Waals surface area (Å²) in [6.07, 6.45) is 4.55. The predicted molar refractivity (Wildman–Crippen MR) is 83.8 cm³/mol. The zero-order valence-electron chi connectivity index (χ0n) is 13.2. The normalized spacial score (nSPS) is 18.5. The van der Waals surface area contributed by atoms with Gasteiger partial charge in [0, 0.05) is 26.3 Å². The number of benzene rings is 1. The molecule has 2 heteroatoms. The van der Waals surface area contributed by atoms with Crippen molar-refractivity contribution in [1.82, 2.24) is 4.98 Å². The Labute approximate surface area is 141 Å². The molecule has 0 N–H and O–H groups in total. The average molecular weight is 457 g/mol. The van der Waals surface area contributed by atoms with Gasteiger partial charge < -0.3 is 4.98 Å². The van der Waals surface area contributed by atoms with Gasteiger partial charge in [0.2, 0.25) is 0 Å². The first-order valence-corrected chi connectivity index (χ1v) is 7.38. The Morgan fingerprint density at radius 2 is 1.67 bits per heavy atom. The molecule has 3 rings (SSSR count). The van der Waals surface area contributed by atoms with Gasteiger partial charge in [-0.3, -0.25) is 0 Å². The first-order valence-electron chi connectivity index (χ1n) is 7.38. The molecule has 0 saturated heterocycles. The van der Waals surface area contributed by atoms with E-state index in [0.29, 0.717) is 0 Å². The van der Waals surface area contributed by atoms with Crippen LogP contribution in [0.1, 0.15) is 51.7 Å². The summed E-state index contributed by atoms with van der Waals surface area (Å²) in [5.41, 5.74) is 5.45. The number of aromatic nitrogens is 1. The van der Waals surface area contributed by atoms with Crippen molar-refractivity contribution in [2.75, 3.05) is 0 Å². The molecule has 21 heavy (non-hydrogen) atoms. The topological polar surface area (TPSA) is 12.9 Å². The van der Waals surface area contributed by atoms with Crippen LogP contribution in [0.25, 0.3) is 11.3 Å². The molecule has 1 aromatic heterocycles. The molecule has 2 aromatic rings. The van der Waals surface area contributed by atoms with E-state index in [1.807, 2.05) is 18.2 Å². The maximum atomic E-state index is 4.69. The molecule has 0 spiro atoms. The Morgan fingerprint density at radius 1 is 1.00 bits per heavy atom. The van der Waals surface area contributed by atoms with Crippen LogP contribution in [0.2, 0.25) is 0 Å². The van der Waals surface area contributed by atoms with Crippen molar-refractivity contribution in [2.24, 2.45) is 0 Å². The molecule has 0 bridgehead atoms. The van der Waals surface area contributed by atoms with Crippen LogP contribution >= 0.6 is 0 Å². The summed E-state index contributed by atoms with van der Waals surface area (Å²) in [6.45, 7) is 9.35. The molecular weight excluding hydrogens is 434 g/mol. The van der Waals surface area contributed by atoms with Crippen LogP contribution in [0.5, 0.6) is 0 Å². The van der Waals surface area contributed by atoms with Crippen LogP contribution < -0.4 is 0 Å². The summed E-state index contributed by atoms with van der Waals surface area (Å²) >= 11 is 0. The molecule has 1 aromatic carbocycles. The molecule has 0 amide bonds. The smallest absolute Gasteiger partial charge is 0.0201 e. The third-order valence-corrected chi connectivity index (χ3v) is 4.72. The van der Waals surface area contributed by atoms with Gasteiger partial charge in [-0.25, -0.2) is 0 Å². The van der Waals surface area contributed by atoms with E-state index in [9.17, 15) is 0 Å². The van der Waals surface area contributed by atoms with Crippen LogP contribution in [0.3, 0.4) is 0 Å². The van der Waals surface area contributed by atoms with Crippen LogP contribution in [0.15, 0.2) is 36.5 Å². The molecule has 1 heterocycles. The third kappa shape index (κ3) is 2.98. The van der Waals surface area contributed by atoms with Gasteiger partial charge in [-0.1, -0.05) is 33.8 Å². The van der Waals surface area contributed by atoms with Crippen LogP contribution in [-0.4, -0.2) is 4.98 Å². The Hall–Kier alpha value is -0.981. The van der Waals surface area contributed by atoms with E-state index in [1.165, 1.54) is 24.0 Å². The van der Waals surface area contributed by atoms with Crippen LogP contribution in [-0.2, 0) is 30.9 Å². The van der Waals surface area contributed by atoms with Crippen molar-refractivity contribution >= 4 is 0 Å². The molecule has 1 aliphatic carbocycles. The monoisotopic (exact) mass is 457 g/mol. The minimum atomic E-state index is 0. The van der Waals surface area contributed by atoms with Gasteiger partial charge in [0.15, 0.2) is 0 Å². The van der Waals surface area contributed by atoms with Gasteiger partial charge in [0.25, 0.3) is 0 Å². The van der Waals surface area contributed by atoms with Crippen molar-refractivity contribution in [3.05, 3.63) is 53.7 Å². The van der Waals surface area contributed by atoms with Crippen molar-refractivity contribution < 1.29 is 20.1 Å². The maximum absolute atomic E-state index is 4.69. The van der Waals surface area contributed by atoms with Crippen molar-refractivity contribution in [3.63, 3.8) is 0 Å². The predicted octanol–water partition coefficient (Wildman–Crippen LogP) is 4.90. The molecule has 0 saturated carbocycles. The zero-order chi connectivity index (χ0) is 14.4. The summed E-state index contributed by atoms with van der Waals surface area (Å²) < 4.78 is 0. The van der Waals surface area contributed by atoms with Gasteiger partial charge in [-0.15, -0.1) is 35.9 Å². The van der Waals surface area contributed by atoms with E-state index in [1.54, 1.807) is 0 Å². The Balaban J connectivity index is 0.00000161. The minimum absolute atomic E-state index is 0. The van der Waals surface area contributed by atoms with Crippen molar-refractivity contribution in [2.45, 2.75) is 51.4 Å². The zero-order valence-corrected chi connectivity index (χ0v) is 15.6. The molecule has 0 fully saturated rings. The molecule has 0 atom stereocenters. The fourth-order valence-corrected chi connectivity index (χ4v) is 3.15. The summed E-state index contributed by atoms with van der Waals surface area (Å²) in [4.78, 5) is 4.69. The van der Waals surface area contributed by atoms with E-state index in [0.717, 1.165) is 11.3 Å². The molecular formula is C19H22IrN-. The van der Waals surface area contributed by atoms with Crippen molar-refractivity contribution in [1.29, 1.82) is 0 Å². The summed E-state index contributed by atoms with van der Waals surface area (Å²) in [5.74, 6) is 0. The molecule has 0 unspecified atom stereocenters. The van der Waals surface area contributed by atoms with Gasteiger partial charge in [0.1, 0.15) is 0 Å². The number of fused-ring (bicyclic) bond motifs is 1. The van der Waals surface area contributed by atoms with Gasteiger partial charge in [0.05, 0.1) is 0 Å². The fraction of sp³-hybridized carbons (Fsp3) is 0.421. The van der Waals surface area contributed by atoms with Gasteiger partial charge >= 0.3 is 0 Å². The van der Waals surface area contributed by atoms with Crippen LogP contribution in [0.4, 0.5) is 0 Å². The first-order chi connectivity index (χ1) is 9.40. The Morgan fingerprint density at radius 3 is 2.29 bits per heavy atom. The summed E-state index contributed by atoms with van der Waals surface area (Å²) in [5, 5.41) is 0. The SMILES string of the molecule is CC1(C)CCC(C)(C)c2cc(-c3[c-]cccc3)ncc21.[Ir]. The van der Waals surface area contributed by atoms with Crippen molar-refractivity contribution in [3.8, 4) is 11.3 Å². The summed E-state index contributed by atoms with van der Waals surface area (Å²) in [6, 6.07) is 13.6. The van der Waals surface area contributed by atoms with E-state index in [4.69, 9.17) is 4.98 Å². The molecule has 113 valence electrons. The number of pyridine rings is 1. The second-order valence-corrected chi connectivity index (χ2v) is 7.16. The van der Waals surface area contributed by atoms with E-state index < -0.39 is 0 Å². The fourth-order valence-electron chi connectivity index (χ4n) is 3.15. The third-order valence-electron chi connectivity index (χ3n) is 4.72. The average Bonchev–Trinajstić information content (AvgIpc) is 2.45.